The number of para-hydroxylation sites is 1. The summed E-state index contributed by atoms with van der Waals surface area (Å²) in [4.78, 5) is 22.4. The monoisotopic (exact) mass is 359 g/mol. The van der Waals surface area contributed by atoms with Gasteiger partial charge in [-0.1, -0.05) is 12.1 Å². The molecule has 0 spiro atoms. The molecule has 0 bridgehead atoms. The highest BCUT2D eigenvalue weighted by molar-refractivity contribution is 7.99. The Kier molecular flexibility index (Phi) is 4.63. The first-order valence-electron chi connectivity index (χ1n) is 8.46. The number of fused-ring (bicyclic) bond motifs is 1. The van der Waals surface area contributed by atoms with Crippen molar-refractivity contribution in [3.05, 3.63) is 35.9 Å². The molecule has 0 unspecified atom stereocenters. The highest BCUT2D eigenvalue weighted by atomic mass is 32.2. The Labute approximate surface area is 150 Å². The zero-order valence-electron chi connectivity index (χ0n) is 14.1. The van der Waals surface area contributed by atoms with Crippen LogP contribution in [-0.2, 0) is 11.3 Å². The third-order valence-corrected chi connectivity index (χ3v) is 5.59. The van der Waals surface area contributed by atoms with Crippen LogP contribution in [0.5, 0.6) is 5.75 Å². The molecule has 3 heterocycles. The Balaban J connectivity index is 1.31. The fourth-order valence-electron chi connectivity index (χ4n) is 3.13. The molecule has 1 fully saturated rings. The number of benzene rings is 1. The minimum atomic E-state index is -0.387. The summed E-state index contributed by atoms with van der Waals surface area (Å²) in [6.07, 6.45) is -0.387. The van der Waals surface area contributed by atoms with E-state index in [9.17, 15) is 4.79 Å². The first-order chi connectivity index (χ1) is 12.2. The third kappa shape index (κ3) is 3.64. The maximum atomic E-state index is 12.8. The normalized spacial score (nSPS) is 20.8. The molecule has 25 heavy (non-hydrogen) atoms. The van der Waals surface area contributed by atoms with Gasteiger partial charge in [0.1, 0.15) is 11.6 Å². The predicted molar refractivity (Wildman–Crippen MR) is 94.6 cm³/mol. The molecule has 2 aliphatic heterocycles. The van der Waals surface area contributed by atoms with Crippen LogP contribution in [-0.4, -0.2) is 68.9 Å². The summed E-state index contributed by atoms with van der Waals surface area (Å²) in [6.45, 7) is 5.71. The Morgan fingerprint density at radius 2 is 2.12 bits per heavy atom. The van der Waals surface area contributed by atoms with Crippen LogP contribution < -0.4 is 4.74 Å². The SMILES string of the molecule is Cc1nc(CN2CCN(C(=O)[C@@H]3CSc4ccccc4O3)CC2)n[nH]1. The van der Waals surface area contributed by atoms with Crippen LogP contribution in [0.4, 0.5) is 0 Å². The number of aromatic nitrogens is 3. The second-order valence-electron chi connectivity index (χ2n) is 6.30. The van der Waals surface area contributed by atoms with Crippen LogP contribution in [0, 0.1) is 6.92 Å². The van der Waals surface area contributed by atoms with Crippen LogP contribution in [0.2, 0.25) is 0 Å². The molecule has 1 amide bonds. The van der Waals surface area contributed by atoms with Gasteiger partial charge in [-0.05, 0) is 19.1 Å². The molecule has 2 aromatic rings. The molecule has 4 rings (SSSR count). The van der Waals surface area contributed by atoms with Gasteiger partial charge in [-0.15, -0.1) is 11.8 Å². The lowest BCUT2D eigenvalue weighted by Crippen LogP contribution is -2.53. The van der Waals surface area contributed by atoms with Gasteiger partial charge in [0, 0.05) is 36.8 Å². The standard InChI is InChI=1S/C17H21N5O2S/c1-12-18-16(20-19-12)10-21-6-8-22(9-7-21)17(23)14-11-25-15-5-3-2-4-13(15)24-14/h2-5,14H,6-11H2,1H3,(H,18,19,20)/t14-/m0/s1. The number of amides is 1. The van der Waals surface area contributed by atoms with E-state index in [-0.39, 0.29) is 12.0 Å². The fraction of sp³-hybridized carbons (Fsp3) is 0.471. The van der Waals surface area contributed by atoms with Crippen molar-refractivity contribution in [2.24, 2.45) is 0 Å². The van der Waals surface area contributed by atoms with Gasteiger partial charge in [-0.25, -0.2) is 4.98 Å². The molecule has 0 saturated carbocycles. The fourth-order valence-corrected chi connectivity index (χ4v) is 4.11. The van der Waals surface area contributed by atoms with E-state index >= 15 is 0 Å². The van der Waals surface area contributed by atoms with Crippen LogP contribution in [0.15, 0.2) is 29.2 Å². The van der Waals surface area contributed by atoms with Gasteiger partial charge in [0.25, 0.3) is 5.91 Å². The quantitative estimate of drug-likeness (QED) is 0.891. The van der Waals surface area contributed by atoms with Gasteiger partial charge >= 0.3 is 0 Å². The highest BCUT2D eigenvalue weighted by Gasteiger charge is 2.32. The van der Waals surface area contributed by atoms with Gasteiger partial charge in [0.15, 0.2) is 11.9 Å². The van der Waals surface area contributed by atoms with Crippen molar-refractivity contribution in [2.45, 2.75) is 24.5 Å². The Morgan fingerprint density at radius 1 is 1.32 bits per heavy atom. The molecule has 1 N–H and O–H groups in total. The molecule has 1 saturated heterocycles. The number of rotatable bonds is 3. The van der Waals surface area contributed by atoms with Crippen LogP contribution in [0.25, 0.3) is 0 Å². The Hall–Kier alpha value is -2.06. The minimum Gasteiger partial charge on any atom is -0.479 e. The summed E-state index contributed by atoms with van der Waals surface area (Å²) in [6, 6.07) is 7.89. The second-order valence-corrected chi connectivity index (χ2v) is 7.36. The summed E-state index contributed by atoms with van der Waals surface area (Å²) in [5.41, 5.74) is 0. The van der Waals surface area contributed by atoms with Crippen LogP contribution in [0.1, 0.15) is 11.6 Å². The second kappa shape index (κ2) is 7.05. The van der Waals surface area contributed by atoms with Gasteiger partial charge < -0.3 is 9.64 Å². The number of carbonyl (C=O) groups is 1. The number of aryl methyl sites for hydroxylation is 1. The van der Waals surface area contributed by atoms with Crippen LogP contribution in [0.3, 0.4) is 0 Å². The maximum Gasteiger partial charge on any atom is 0.264 e. The van der Waals surface area contributed by atoms with Crippen LogP contribution >= 0.6 is 11.8 Å². The first-order valence-corrected chi connectivity index (χ1v) is 9.45. The van der Waals surface area contributed by atoms with E-state index in [1.807, 2.05) is 36.1 Å². The molecule has 8 heteroatoms. The van der Waals surface area contributed by atoms with E-state index in [1.165, 1.54) is 0 Å². The molecule has 1 atom stereocenters. The molecule has 1 aromatic heterocycles. The van der Waals surface area contributed by atoms with Crippen molar-refractivity contribution in [3.63, 3.8) is 0 Å². The van der Waals surface area contributed by atoms with Gasteiger partial charge in [-0.2, -0.15) is 5.10 Å². The van der Waals surface area contributed by atoms with E-state index in [2.05, 4.69) is 20.1 Å². The van der Waals surface area contributed by atoms with Gasteiger partial charge in [0.2, 0.25) is 0 Å². The number of carbonyl (C=O) groups excluding carboxylic acids is 1. The lowest BCUT2D eigenvalue weighted by Gasteiger charge is -2.36. The molecule has 0 aliphatic carbocycles. The first kappa shape index (κ1) is 16.4. The van der Waals surface area contributed by atoms with Crippen molar-refractivity contribution < 1.29 is 9.53 Å². The van der Waals surface area contributed by atoms with Crippen molar-refractivity contribution in [1.29, 1.82) is 0 Å². The van der Waals surface area contributed by atoms with Crippen molar-refractivity contribution in [2.75, 3.05) is 31.9 Å². The predicted octanol–water partition coefficient (Wildman–Crippen LogP) is 1.31. The van der Waals surface area contributed by atoms with Crippen molar-refractivity contribution >= 4 is 17.7 Å². The number of aromatic amines is 1. The molecular weight excluding hydrogens is 338 g/mol. The number of piperazine rings is 1. The molecule has 1 aromatic carbocycles. The van der Waals surface area contributed by atoms with Crippen molar-refractivity contribution in [3.8, 4) is 5.75 Å². The number of ether oxygens (including phenoxy) is 1. The van der Waals surface area contributed by atoms with E-state index in [0.29, 0.717) is 18.8 Å². The average molecular weight is 359 g/mol. The molecule has 132 valence electrons. The van der Waals surface area contributed by atoms with Gasteiger partial charge in [-0.3, -0.25) is 14.8 Å². The summed E-state index contributed by atoms with van der Waals surface area (Å²) in [5, 5.41) is 7.04. The summed E-state index contributed by atoms with van der Waals surface area (Å²) in [5.74, 6) is 3.22. The van der Waals surface area contributed by atoms with E-state index in [1.54, 1.807) is 11.8 Å². The molecule has 0 radical (unpaired) electrons. The molecular formula is C17H21N5O2S. The Morgan fingerprint density at radius 3 is 2.88 bits per heavy atom. The number of H-pyrrole nitrogens is 1. The lowest BCUT2D eigenvalue weighted by molar-refractivity contribution is -0.139. The number of thioether (sulfide) groups is 1. The number of nitrogens with zero attached hydrogens (tertiary/aromatic N) is 4. The smallest absolute Gasteiger partial charge is 0.264 e. The maximum absolute atomic E-state index is 12.8. The Bertz CT molecular complexity index is 757. The van der Waals surface area contributed by atoms with E-state index in [0.717, 1.165) is 41.9 Å². The third-order valence-electron chi connectivity index (χ3n) is 4.48. The number of nitrogens with one attached hydrogen (secondary N) is 1. The zero-order valence-corrected chi connectivity index (χ0v) is 15.0. The van der Waals surface area contributed by atoms with Gasteiger partial charge in [0.05, 0.1) is 6.54 Å². The van der Waals surface area contributed by atoms with E-state index in [4.69, 9.17) is 4.74 Å². The number of hydrogen-bond donors (Lipinski definition) is 1. The highest BCUT2D eigenvalue weighted by Crippen LogP contribution is 2.35. The molecule has 7 nitrogen and oxygen atoms in total. The van der Waals surface area contributed by atoms with E-state index < -0.39 is 0 Å². The number of hydrogen-bond acceptors (Lipinski definition) is 6. The zero-order chi connectivity index (χ0) is 17.2. The minimum absolute atomic E-state index is 0.0930. The summed E-state index contributed by atoms with van der Waals surface area (Å²) < 4.78 is 5.92. The lowest BCUT2D eigenvalue weighted by atomic mass is 10.2. The topological polar surface area (TPSA) is 74.3 Å². The van der Waals surface area contributed by atoms with Crippen molar-refractivity contribution in [1.82, 2.24) is 25.0 Å². The molecule has 2 aliphatic rings. The summed E-state index contributed by atoms with van der Waals surface area (Å²) in [7, 11) is 0. The largest absolute Gasteiger partial charge is 0.479 e. The summed E-state index contributed by atoms with van der Waals surface area (Å²) >= 11 is 1.69. The average Bonchev–Trinajstić information content (AvgIpc) is 3.06.